The minimum Gasteiger partial charge on any atom is -0.480 e. The molecule has 5 heteroatoms. The Morgan fingerprint density at radius 2 is 1.81 bits per heavy atom. The molecule has 0 aliphatic rings. The van der Waals surface area contributed by atoms with E-state index in [4.69, 9.17) is 5.11 Å². The number of aliphatic carboxylic acids is 1. The van der Waals surface area contributed by atoms with Crippen molar-refractivity contribution in [3.8, 4) is 0 Å². The molecule has 0 fully saturated rings. The van der Waals surface area contributed by atoms with Crippen LogP contribution in [0.15, 0.2) is 24.3 Å². The molecule has 1 aromatic rings. The van der Waals surface area contributed by atoms with Gasteiger partial charge in [-0.25, -0.2) is 0 Å². The highest BCUT2D eigenvalue weighted by Crippen LogP contribution is 2.14. The molecule has 5 nitrogen and oxygen atoms in total. The lowest BCUT2D eigenvalue weighted by atomic mass is 10.0. The van der Waals surface area contributed by atoms with Gasteiger partial charge in [0.25, 0.3) is 0 Å². The molecule has 21 heavy (non-hydrogen) atoms. The number of rotatable bonds is 8. The summed E-state index contributed by atoms with van der Waals surface area (Å²) in [5, 5.41) is 11.4. The molecule has 0 radical (unpaired) electrons. The van der Waals surface area contributed by atoms with Crippen molar-refractivity contribution in [1.82, 2.24) is 10.2 Å². The Morgan fingerprint density at radius 3 is 2.33 bits per heavy atom. The van der Waals surface area contributed by atoms with Gasteiger partial charge in [0.1, 0.15) is 0 Å². The number of carboxylic acid groups (broad SMARTS) is 1. The average Bonchev–Trinajstić information content (AvgIpc) is 2.38. The van der Waals surface area contributed by atoms with Crippen LogP contribution in [0.3, 0.4) is 0 Å². The number of benzene rings is 1. The topological polar surface area (TPSA) is 69.6 Å². The quantitative estimate of drug-likeness (QED) is 0.761. The Labute approximate surface area is 126 Å². The van der Waals surface area contributed by atoms with Crippen LogP contribution in [0.1, 0.15) is 30.9 Å². The van der Waals surface area contributed by atoms with Crippen molar-refractivity contribution in [2.45, 2.75) is 26.2 Å². The van der Waals surface area contributed by atoms with E-state index in [0.717, 1.165) is 6.42 Å². The molecule has 0 heterocycles. The van der Waals surface area contributed by atoms with Crippen molar-refractivity contribution in [3.05, 3.63) is 35.4 Å². The predicted octanol–water partition coefficient (Wildman–Crippen LogP) is 1.49. The van der Waals surface area contributed by atoms with Gasteiger partial charge in [-0.15, -0.1) is 0 Å². The zero-order valence-corrected chi connectivity index (χ0v) is 12.9. The van der Waals surface area contributed by atoms with E-state index in [1.165, 1.54) is 16.0 Å². The first kappa shape index (κ1) is 17.2. The largest absolute Gasteiger partial charge is 0.480 e. The maximum atomic E-state index is 11.6. The minimum atomic E-state index is -0.935. The maximum Gasteiger partial charge on any atom is 0.317 e. The molecule has 1 amide bonds. The van der Waals surface area contributed by atoms with Gasteiger partial charge in [-0.3, -0.25) is 14.5 Å². The van der Waals surface area contributed by atoms with E-state index in [1.54, 1.807) is 7.05 Å². The summed E-state index contributed by atoms with van der Waals surface area (Å²) in [7, 11) is 1.61. The molecule has 0 saturated carbocycles. The summed E-state index contributed by atoms with van der Waals surface area (Å²) < 4.78 is 0. The molecule has 0 aliphatic heterocycles. The summed E-state index contributed by atoms with van der Waals surface area (Å²) in [4.78, 5) is 23.6. The molecule has 2 N–H and O–H groups in total. The van der Waals surface area contributed by atoms with Crippen LogP contribution in [0.4, 0.5) is 0 Å². The third-order valence-corrected chi connectivity index (χ3v) is 3.20. The zero-order valence-electron chi connectivity index (χ0n) is 12.9. The fraction of sp³-hybridized carbons (Fsp3) is 0.500. The molecule has 1 rings (SSSR count). The Bertz CT molecular complexity index is 469. The minimum absolute atomic E-state index is 0.0958. The molecule has 116 valence electrons. The Hall–Kier alpha value is -1.88. The monoisotopic (exact) mass is 292 g/mol. The highest BCUT2D eigenvalue weighted by atomic mass is 16.4. The number of carbonyl (C=O) groups excluding carboxylic acids is 1. The first-order valence-electron chi connectivity index (χ1n) is 7.14. The standard InChI is InChI=1S/C16H24N2O3/c1-12(2)14-6-4-13(5-7-14)8-9-17-15(19)10-18(3)11-16(20)21/h4-7,12H,8-11H2,1-3H3,(H,17,19)(H,20,21). The molecule has 0 unspecified atom stereocenters. The van der Waals surface area contributed by atoms with Crippen molar-refractivity contribution >= 4 is 11.9 Å². The van der Waals surface area contributed by atoms with Gasteiger partial charge in [-0.05, 0) is 30.5 Å². The van der Waals surface area contributed by atoms with Crippen LogP contribution in [0.5, 0.6) is 0 Å². The van der Waals surface area contributed by atoms with E-state index >= 15 is 0 Å². The van der Waals surface area contributed by atoms with E-state index in [-0.39, 0.29) is 19.0 Å². The number of likely N-dealkylation sites (N-methyl/N-ethyl adjacent to an activating group) is 1. The van der Waals surface area contributed by atoms with E-state index in [0.29, 0.717) is 12.5 Å². The van der Waals surface area contributed by atoms with Gasteiger partial charge in [0.05, 0.1) is 13.1 Å². The van der Waals surface area contributed by atoms with Crippen molar-refractivity contribution < 1.29 is 14.7 Å². The Morgan fingerprint density at radius 1 is 1.19 bits per heavy atom. The lowest BCUT2D eigenvalue weighted by Crippen LogP contribution is -2.38. The molecule has 0 atom stereocenters. The lowest BCUT2D eigenvalue weighted by molar-refractivity contribution is -0.138. The predicted molar refractivity (Wildman–Crippen MR) is 82.4 cm³/mol. The van der Waals surface area contributed by atoms with E-state index in [9.17, 15) is 9.59 Å². The van der Waals surface area contributed by atoms with Gasteiger partial charge < -0.3 is 10.4 Å². The highest BCUT2D eigenvalue weighted by molar-refractivity contribution is 5.78. The highest BCUT2D eigenvalue weighted by Gasteiger charge is 2.09. The average molecular weight is 292 g/mol. The van der Waals surface area contributed by atoms with Crippen LogP contribution in [-0.2, 0) is 16.0 Å². The molecular formula is C16H24N2O3. The Kier molecular flexibility index (Phi) is 6.88. The molecular weight excluding hydrogens is 268 g/mol. The number of hydrogen-bond donors (Lipinski definition) is 2. The van der Waals surface area contributed by atoms with E-state index in [2.05, 4.69) is 43.4 Å². The van der Waals surface area contributed by atoms with Crippen molar-refractivity contribution in [1.29, 1.82) is 0 Å². The fourth-order valence-electron chi connectivity index (χ4n) is 2.00. The van der Waals surface area contributed by atoms with Crippen LogP contribution in [0, 0.1) is 0 Å². The summed E-state index contributed by atoms with van der Waals surface area (Å²) in [6.07, 6.45) is 0.771. The first-order valence-corrected chi connectivity index (χ1v) is 7.14. The number of nitrogens with zero attached hydrogens (tertiary/aromatic N) is 1. The van der Waals surface area contributed by atoms with E-state index < -0.39 is 5.97 Å². The summed E-state index contributed by atoms with van der Waals surface area (Å²) in [6, 6.07) is 8.39. The second kappa shape index (κ2) is 8.42. The zero-order chi connectivity index (χ0) is 15.8. The third kappa shape index (κ3) is 6.90. The van der Waals surface area contributed by atoms with Gasteiger partial charge in [-0.2, -0.15) is 0 Å². The van der Waals surface area contributed by atoms with Crippen LogP contribution in [0.2, 0.25) is 0 Å². The summed E-state index contributed by atoms with van der Waals surface area (Å²) >= 11 is 0. The number of carbonyl (C=O) groups is 2. The number of hydrogen-bond acceptors (Lipinski definition) is 3. The number of carboxylic acids is 1. The lowest BCUT2D eigenvalue weighted by Gasteiger charge is -2.13. The van der Waals surface area contributed by atoms with Gasteiger partial charge in [0.2, 0.25) is 5.91 Å². The van der Waals surface area contributed by atoms with Gasteiger partial charge in [0, 0.05) is 6.54 Å². The van der Waals surface area contributed by atoms with Crippen LogP contribution in [0.25, 0.3) is 0 Å². The summed E-state index contributed by atoms with van der Waals surface area (Å²) in [5.74, 6) is -0.573. The number of nitrogens with one attached hydrogen (secondary N) is 1. The van der Waals surface area contributed by atoms with Gasteiger partial charge in [0.15, 0.2) is 0 Å². The molecule has 0 bridgehead atoms. The molecule has 0 spiro atoms. The Balaban J connectivity index is 2.29. The van der Waals surface area contributed by atoms with Crippen molar-refractivity contribution in [3.63, 3.8) is 0 Å². The van der Waals surface area contributed by atoms with Gasteiger partial charge >= 0.3 is 5.97 Å². The second-order valence-corrected chi connectivity index (χ2v) is 5.56. The smallest absolute Gasteiger partial charge is 0.317 e. The molecule has 0 aromatic heterocycles. The summed E-state index contributed by atoms with van der Waals surface area (Å²) in [6.45, 7) is 4.83. The fourth-order valence-corrected chi connectivity index (χ4v) is 2.00. The second-order valence-electron chi connectivity index (χ2n) is 5.56. The first-order chi connectivity index (χ1) is 9.88. The SMILES string of the molecule is CC(C)c1ccc(CCNC(=O)CN(C)CC(=O)O)cc1. The van der Waals surface area contributed by atoms with E-state index in [1.807, 2.05) is 0 Å². The molecule has 1 aromatic carbocycles. The maximum absolute atomic E-state index is 11.6. The van der Waals surface area contributed by atoms with Crippen LogP contribution < -0.4 is 5.32 Å². The van der Waals surface area contributed by atoms with Crippen molar-refractivity contribution in [2.75, 3.05) is 26.7 Å². The molecule has 0 aliphatic carbocycles. The van der Waals surface area contributed by atoms with Crippen LogP contribution >= 0.6 is 0 Å². The number of amides is 1. The normalized spacial score (nSPS) is 10.9. The van der Waals surface area contributed by atoms with Crippen molar-refractivity contribution in [2.24, 2.45) is 0 Å². The third-order valence-electron chi connectivity index (χ3n) is 3.20. The molecule has 0 saturated heterocycles. The van der Waals surface area contributed by atoms with Crippen LogP contribution in [-0.4, -0.2) is 48.6 Å². The van der Waals surface area contributed by atoms with Gasteiger partial charge in [-0.1, -0.05) is 38.1 Å². The summed E-state index contributed by atoms with van der Waals surface area (Å²) in [5.41, 5.74) is 2.48.